The molecule has 62 heavy (non-hydrogen) atoms. The average molecular weight is 871 g/mol. The lowest BCUT2D eigenvalue weighted by molar-refractivity contribution is -0.155. The summed E-state index contributed by atoms with van der Waals surface area (Å²) in [4.78, 5) is 69.3. The van der Waals surface area contributed by atoms with Gasteiger partial charge in [0.15, 0.2) is 0 Å². The van der Waals surface area contributed by atoms with Crippen LogP contribution in [0.5, 0.6) is 0 Å². The molecular formula is C46H62N8O7S. The first kappa shape index (κ1) is 45.1. The summed E-state index contributed by atoms with van der Waals surface area (Å²) in [5, 5.41) is 8.12. The number of amides is 3. The van der Waals surface area contributed by atoms with E-state index >= 15 is 0 Å². The molecule has 2 N–H and O–H groups in total. The van der Waals surface area contributed by atoms with Crippen LogP contribution < -0.4 is 10.7 Å². The summed E-state index contributed by atoms with van der Waals surface area (Å²) in [7, 11) is 5.22. The molecule has 2 fully saturated rings. The molecule has 7 rings (SSSR count). The van der Waals surface area contributed by atoms with Gasteiger partial charge in [0.25, 0.3) is 5.91 Å². The Kier molecular flexibility index (Phi) is 13.7. The third-order valence-corrected chi connectivity index (χ3v) is 13.2. The van der Waals surface area contributed by atoms with E-state index < -0.39 is 47.4 Å². The predicted molar refractivity (Wildman–Crippen MR) is 238 cm³/mol. The van der Waals surface area contributed by atoms with Gasteiger partial charge in [-0.2, -0.15) is 0 Å². The summed E-state index contributed by atoms with van der Waals surface area (Å²) in [6.45, 7) is 14.7. The Labute approximate surface area is 368 Å². The van der Waals surface area contributed by atoms with Gasteiger partial charge in [-0.15, -0.1) is 11.3 Å². The lowest BCUT2D eigenvalue weighted by Gasteiger charge is -2.36. The highest BCUT2D eigenvalue weighted by atomic mass is 32.1. The normalized spacial score (nSPS) is 22.0. The molecule has 0 radical (unpaired) electrons. The van der Waals surface area contributed by atoms with E-state index in [1.165, 1.54) is 21.2 Å². The van der Waals surface area contributed by atoms with Crippen LogP contribution in [0.25, 0.3) is 33.4 Å². The maximum Gasteiger partial charge on any atom is 0.410 e. The van der Waals surface area contributed by atoms with Crippen molar-refractivity contribution in [3.63, 3.8) is 0 Å². The highest BCUT2D eigenvalue weighted by Crippen LogP contribution is 2.42. The second-order valence-corrected chi connectivity index (χ2v) is 19.1. The van der Waals surface area contributed by atoms with Gasteiger partial charge in [0.2, 0.25) is 5.91 Å². The maximum absolute atomic E-state index is 14.5. The zero-order valence-electron chi connectivity index (χ0n) is 37.5. The lowest BCUT2D eigenvalue weighted by Crippen LogP contribution is -2.62. The van der Waals surface area contributed by atoms with Gasteiger partial charge in [0, 0.05) is 85.8 Å². The van der Waals surface area contributed by atoms with E-state index in [0.29, 0.717) is 43.9 Å². The Hall–Kier alpha value is -4.90. The smallest absolute Gasteiger partial charge is 0.410 e. The van der Waals surface area contributed by atoms with Gasteiger partial charge in [-0.1, -0.05) is 33.8 Å². The quantitative estimate of drug-likeness (QED) is 0.190. The summed E-state index contributed by atoms with van der Waals surface area (Å²) in [6, 6.07) is 7.68. The van der Waals surface area contributed by atoms with Crippen molar-refractivity contribution in [2.24, 2.45) is 11.3 Å². The Morgan fingerprint density at radius 3 is 2.65 bits per heavy atom. The van der Waals surface area contributed by atoms with Gasteiger partial charge in [-0.3, -0.25) is 29.3 Å². The molecule has 3 aliphatic heterocycles. The van der Waals surface area contributed by atoms with Crippen LogP contribution in [0, 0.1) is 11.3 Å². The second kappa shape index (κ2) is 18.8. The van der Waals surface area contributed by atoms with Crippen LogP contribution in [-0.4, -0.2) is 125 Å². The number of carbonyl (C=O) groups is 4. The molecule has 6 heterocycles. The van der Waals surface area contributed by atoms with Crippen molar-refractivity contribution in [2.45, 2.75) is 111 Å². The van der Waals surface area contributed by atoms with E-state index in [2.05, 4.69) is 65.2 Å². The fraction of sp³-hybridized carbons (Fsp3) is 0.565. The van der Waals surface area contributed by atoms with Gasteiger partial charge in [-0.05, 0) is 82.3 Å². The fourth-order valence-electron chi connectivity index (χ4n) is 9.08. The largest absolute Gasteiger partial charge is 0.464 e. The maximum atomic E-state index is 14.5. The van der Waals surface area contributed by atoms with Crippen molar-refractivity contribution >= 4 is 46.1 Å². The molecule has 0 spiro atoms. The number of esters is 1. The zero-order chi connectivity index (χ0) is 44.5. The third-order valence-electron chi connectivity index (χ3n) is 12.4. The number of aromatic nitrogens is 3. The number of rotatable bonds is 9. The Morgan fingerprint density at radius 1 is 1.15 bits per heavy atom. The van der Waals surface area contributed by atoms with E-state index in [0.717, 1.165) is 57.6 Å². The minimum Gasteiger partial charge on any atom is -0.464 e. The number of pyridine rings is 1. The van der Waals surface area contributed by atoms with E-state index in [4.69, 9.17) is 24.2 Å². The Bertz CT molecular complexity index is 2290. The number of thiazole rings is 1. The lowest BCUT2D eigenvalue weighted by atomic mass is 9.84. The number of hydrogen-bond acceptors (Lipinski definition) is 12. The number of hydrogen-bond donors (Lipinski definition) is 2. The van der Waals surface area contributed by atoms with Crippen LogP contribution in [0.1, 0.15) is 83.2 Å². The summed E-state index contributed by atoms with van der Waals surface area (Å²) in [5.41, 5.74) is 9.33. The zero-order valence-corrected chi connectivity index (χ0v) is 38.3. The number of cyclic esters (lactones) is 1. The first-order valence-corrected chi connectivity index (χ1v) is 22.7. The SMILES string of the molecule is CCn1c(-c2cccnc2[C@H](C)OC)c2c3cc(ccc31)-c1csc(n1)C[C@H](NC(=O)C(C(C)C)N(C)C(=O)O[C@H]1CCN(C)C1)C(=O)N1CCC[C@H](N1)C(=O)OCC(C)(C)C2. The molecule has 2 saturated heterocycles. The molecule has 3 aliphatic rings. The first-order chi connectivity index (χ1) is 29.6. The van der Waals surface area contributed by atoms with Crippen LogP contribution in [-0.2, 0) is 48.0 Å². The second-order valence-electron chi connectivity index (χ2n) is 18.1. The minimum absolute atomic E-state index is 0.0927. The van der Waals surface area contributed by atoms with Gasteiger partial charge >= 0.3 is 12.1 Å². The molecule has 1 aromatic carbocycles. The molecule has 15 nitrogen and oxygen atoms in total. The Morgan fingerprint density at radius 2 is 1.94 bits per heavy atom. The number of ether oxygens (including phenoxy) is 3. The van der Waals surface area contributed by atoms with Gasteiger partial charge in [0.1, 0.15) is 24.2 Å². The summed E-state index contributed by atoms with van der Waals surface area (Å²) < 4.78 is 20.0. The number of carbonyl (C=O) groups excluding carboxylic acids is 4. The standard InChI is InChI=1S/C46H62N8O7S/c1-10-53-37-16-15-29-21-32(37)33(41(53)31-13-11-18-47-39(31)28(4)59-9)23-46(5,6)26-60-44(57)34-14-12-19-54(50-34)43(56)35(22-38-48-36(29)25-62-38)49-42(55)40(27(2)3)52(8)45(58)61-30-17-20-51(7)24-30/h11,13,15-16,18,21,25,27-28,30,34-35,40,50H,10,12,14,17,19-20,22-24,26H2,1-9H3,(H,49,55)/t28-,30-,34-,35-,40?/m0/s1. The number of aryl methyl sites for hydroxylation is 1. The van der Waals surface area contributed by atoms with E-state index in [9.17, 15) is 19.2 Å². The molecule has 4 aromatic rings. The molecule has 1 unspecified atom stereocenters. The molecule has 334 valence electrons. The van der Waals surface area contributed by atoms with Crippen molar-refractivity contribution < 1.29 is 33.4 Å². The number of methoxy groups -OCH3 is 1. The van der Waals surface area contributed by atoms with Gasteiger partial charge in [-0.25, -0.2) is 15.2 Å². The topological polar surface area (TPSA) is 160 Å². The van der Waals surface area contributed by atoms with E-state index in [1.807, 2.05) is 39.3 Å². The molecular weight excluding hydrogens is 809 g/mol. The summed E-state index contributed by atoms with van der Waals surface area (Å²) in [5.74, 6) is -1.64. The highest BCUT2D eigenvalue weighted by molar-refractivity contribution is 7.10. The van der Waals surface area contributed by atoms with E-state index in [1.54, 1.807) is 20.4 Å². The van der Waals surface area contributed by atoms with Crippen molar-refractivity contribution in [1.29, 1.82) is 0 Å². The molecule has 5 atom stereocenters. The third kappa shape index (κ3) is 9.53. The predicted octanol–water partition coefficient (Wildman–Crippen LogP) is 6.00. The highest BCUT2D eigenvalue weighted by Gasteiger charge is 2.39. The molecule has 0 saturated carbocycles. The number of benzene rings is 1. The van der Waals surface area contributed by atoms with Crippen molar-refractivity contribution in [1.82, 2.24) is 40.1 Å². The number of hydrazine groups is 1. The van der Waals surface area contributed by atoms with Crippen LogP contribution in [0.15, 0.2) is 41.9 Å². The van der Waals surface area contributed by atoms with Gasteiger partial charge < -0.3 is 29.0 Å². The minimum atomic E-state index is -1.06. The summed E-state index contributed by atoms with van der Waals surface area (Å²) in [6.07, 6.45) is 3.13. The van der Waals surface area contributed by atoms with Crippen LogP contribution in [0.3, 0.4) is 0 Å². The van der Waals surface area contributed by atoms with Crippen molar-refractivity contribution in [3.05, 3.63) is 58.2 Å². The number of nitrogens with one attached hydrogen (secondary N) is 2. The van der Waals surface area contributed by atoms with Crippen LogP contribution >= 0.6 is 11.3 Å². The van der Waals surface area contributed by atoms with Crippen molar-refractivity contribution in [2.75, 3.05) is 47.4 Å². The Balaban J connectivity index is 1.28. The van der Waals surface area contributed by atoms with E-state index in [-0.39, 0.29) is 31.2 Å². The van der Waals surface area contributed by atoms with Crippen LogP contribution in [0.4, 0.5) is 4.79 Å². The van der Waals surface area contributed by atoms with Crippen molar-refractivity contribution in [3.8, 4) is 22.5 Å². The van der Waals surface area contributed by atoms with Gasteiger partial charge in [0.05, 0.1) is 34.8 Å². The summed E-state index contributed by atoms with van der Waals surface area (Å²) >= 11 is 1.42. The molecule has 6 bridgehead atoms. The fourth-order valence-corrected chi connectivity index (χ4v) is 9.93. The number of likely N-dealkylation sites (tertiary alicyclic amines) is 1. The molecule has 16 heteroatoms. The average Bonchev–Trinajstić information content (AvgIpc) is 3.98. The monoisotopic (exact) mass is 870 g/mol. The number of fused-ring (bicyclic) bond motifs is 6. The number of nitrogens with zero attached hydrogens (tertiary/aromatic N) is 6. The first-order valence-electron chi connectivity index (χ1n) is 21.8. The molecule has 3 aromatic heterocycles. The number of likely N-dealkylation sites (N-methyl/N-ethyl adjacent to an activating group) is 2. The van der Waals surface area contributed by atoms with Crippen LogP contribution in [0.2, 0.25) is 0 Å². The molecule has 3 amide bonds. The molecule has 0 aliphatic carbocycles.